The number of primary amides is 1. The van der Waals surface area contributed by atoms with Crippen molar-refractivity contribution in [2.45, 2.75) is 45.2 Å². The van der Waals surface area contributed by atoms with Crippen molar-refractivity contribution in [2.75, 3.05) is 20.1 Å². The molecule has 0 aromatic carbocycles. The van der Waals surface area contributed by atoms with Crippen LogP contribution in [-0.2, 0) is 14.4 Å². The summed E-state index contributed by atoms with van der Waals surface area (Å²) in [5.41, 5.74) is 5.03. The van der Waals surface area contributed by atoms with E-state index in [1.807, 2.05) is 13.8 Å². The molecule has 3 amide bonds. The first kappa shape index (κ1) is 20.7. The summed E-state index contributed by atoms with van der Waals surface area (Å²) in [6.45, 7) is 4.59. The van der Waals surface area contributed by atoms with Gasteiger partial charge >= 0.3 is 0 Å². The van der Waals surface area contributed by atoms with E-state index in [1.165, 1.54) is 4.90 Å². The van der Waals surface area contributed by atoms with Gasteiger partial charge in [-0.05, 0) is 31.7 Å². The van der Waals surface area contributed by atoms with Gasteiger partial charge in [0.1, 0.15) is 6.04 Å². The number of nitrogens with zero attached hydrogens (tertiary/aromatic N) is 1. The van der Waals surface area contributed by atoms with Gasteiger partial charge in [-0.2, -0.15) is 0 Å². The summed E-state index contributed by atoms with van der Waals surface area (Å²) < 4.78 is 0. The maximum absolute atomic E-state index is 12.4. The normalized spacial score (nSPS) is 18.5. The van der Waals surface area contributed by atoms with Crippen LogP contribution in [0.2, 0.25) is 0 Å². The average Bonchev–Trinajstić information content (AvgIpc) is 2.94. The Kier molecular flexibility index (Phi) is 9.04. The average molecular weight is 335 g/mol. The molecule has 1 fully saturated rings. The van der Waals surface area contributed by atoms with Crippen molar-refractivity contribution in [3.63, 3.8) is 0 Å². The van der Waals surface area contributed by atoms with Gasteiger partial charge in [0, 0.05) is 7.05 Å². The number of carbonyl (C=O) groups excluding carboxylic acids is 3. The molecule has 1 heterocycles. The largest absolute Gasteiger partial charge is 0.368 e. The van der Waals surface area contributed by atoms with Gasteiger partial charge in [-0.15, -0.1) is 12.4 Å². The van der Waals surface area contributed by atoms with Crippen molar-refractivity contribution >= 4 is 30.1 Å². The Hall–Kier alpha value is -1.34. The van der Waals surface area contributed by atoms with Crippen LogP contribution in [0, 0.1) is 5.92 Å². The number of carbonyl (C=O) groups is 3. The molecule has 0 bridgehead atoms. The molecule has 22 heavy (non-hydrogen) atoms. The SMILES string of the molecule is CC(C)C[C@@H](C(=O)NCC(N)=O)N(C)C(=O)[C@@H]1CCCN1.Cl. The van der Waals surface area contributed by atoms with Crippen LogP contribution in [0.25, 0.3) is 0 Å². The predicted molar refractivity (Wildman–Crippen MR) is 86.5 cm³/mol. The third-order valence-electron chi connectivity index (χ3n) is 3.61. The highest BCUT2D eigenvalue weighted by Crippen LogP contribution is 2.15. The van der Waals surface area contributed by atoms with Gasteiger partial charge in [0.05, 0.1) is 12.6 Å². The number of hydrogen-bond acceptors (Lipinski definition) is 4. The summed E-state index contributed by atoms with van der Waals surface area (Å²) in [4.78, 5) is 36.9. The highest BCUT2D eigenvalue weighted by Gasteiger charge is 2.32. The van der Waals surface area contributed by atoms with Gasteiger partial charge < -0.3 is 21.3 Å². The number of rotatable bonds is 7. The summed E-state index contributed by atoms with van der Waals surface area (Å²) in [6.07, 6.45) is 2.30. The molecule has 1 aliphatic heterocycles. The molecule has 0 aromatic rings. The van der Waals surface area contributed by atoms with Gasteiger partial charge in [-0.3, -0.25) is 14.4 Å². The molecule has 2 atom stereocenters. The lowest BCUT2D eigenvalue weighted by atomic mass is 10.0. The van der Waals surface area contributed by atoms with Crippen LogP contribution in [0.1, 0.15) is 33.1 Å². The van der Waals surface area contributed by atoms with E-state index in [0.717, 1.165) is 19.4 Å². The van der Waals surface area contributed by atoms with Crippen LogP contribution in [0.3, 0.4) is 0 Å². The molecule has 0 aromatic heterocycles. The standard InChI is InChI=1S/C14H26N4O3.ClH/c1-9(2)7-11(13(20)17-8-12(15)19)18(3)14(21)10-5-4-6-16-10;/h9-11,16H,4-8H2,1-3H3,(H2,15,19)(H,17,20);1H/t10-,11-;/m0./s1. The number of amides is 3. The Morgan fingerprint density at radius 2 is 2.00 bits per heavy atom. The zero-order valence-corrected chi connectivity index (χ0v) is 14.2. The van der Waals surface area contributed by atoms with Gasteiger partial charge in [0.15, 0.2) is 0 Å². The minimum absolute atomic E-state index is 0. The zero-order chi connectivity index (χ0) is 16.0. The molecule has 1 rings (SSSR count). The minimum atomic E-state index is -0.599. The van der Waals surface area contributed by atoms with E-state index in [9.17, 15) is 14.4 Å². The van der Waals surface area contributed by atoms with Crippen LogP contribution in [0.4, 0.5) is 0 Å². The van der Waals surface area contributed by atoms with Crippen molar-refractivity contribution in [1.82, 2.24) is 15.5 Å². The number of likely N-dealkylation sites (N-methyl/N-ethyl adjacent to an activating group) is 1. The molecule has 0 unspecified atom stereocenters. The molecule has 8 heteroatoms. The van der Waals surface area contributed by atoms with Crippen LogP contribution in [0.15, 0.2) is 0 Å². The van der Waals surface area contributed by atoms with E-state index in [1.54, 1.807) is 7.05 Å². The molecule has 0 saturated carbocycles. The fourth-order valence-electron chi connectivity index (χ4n) is 2.47. The maximum atomic E-state index is 12.4. The molecular weight excluding hydrogens is 308 g/mol. The summed E-state index contributed by atoms with van der Waals surface area (Å²) in [7, 11) is 1.64. The van der Waals surface area contributed by atoms with Gasteiger partial charge in [0.2, 0.25) is 17.7 Å². The molecule has 0 radical (unpaired) electrons. The monoisotopic (exact) mass is 334 g/mol. The molecule has 1 aliphatic rings. The van der Waals surface area contributed by atoms with Crippen molar-refractivity contribution in [3.05, 3.63) is 0 Å². The van der Waals surface area contributed by atoms with Gasteiger partial charge in [-0.1, -0.05) is 13.8 Å². The zero-order valence-electron chi connectivity index (χ0n) is 13.4. The minimum Gasteiger partial charge on any atom is -0.368 e. The van der Waals surface area contributed by atoms with E-state index in [0.29, 0.717) is 6.42 Å². The van der Waals surface area contributed by atoms with Crippen LogP contribution < -0.4 is 16.4 Å². The Labute approximate surface area is 137 Å². The van der Waals surface area contributed by atoms with Crippen LogP contribution >= 0.6 is 12.4 Å². The third kappa shape index (κ3) is 6.19. The molecule has 0 spiro atoms. The first-order chi connectivity index (χ1) is 9.82. The van der Waals surface area contributed by atoms with Crippen molar-refractivity contribution in [3.8, 4) is 0 Å². The predicted octanol–water partition coefficient (Wildman–Crippen LogP) is -0.365. The van der Waals surface area contributed by atoms with Crippen molar-refractivity contribution in [1.29, 1.82) is 0 Å². The first-order valence-corrected chi connectivity index (χ1v) is 7.39. The summed E-state index contributed by atoms with van der Waals surface area (Å²) in [6, 6.07) is -0.798. The van der Waals surface area contributed by atoms with Crippen molar-refractivity contribution < 1.29 is 14.4 Å². The summed E-state index contributed by atoms with van der Waals surface area (Å²) in [5, 5.41) is 5.62. The molecule has 7 nitrogen and oxygen atoms in total. The highest BCUT2D eigenvalue weighted by molar-refractivity contribution is 5.91. The van der Waals surface area contributed by atoms with Crippen LogP contribution in [-0.4, -0.2) is 54.8 Å². The molecule has 128 valence electrons. The maximum Gasteiger partial charge on any atom is 0.243 e. The van der Waals surface area contributed by atoms with E-state index in [4.69, 9.17) is 5.73 Å². The van der Waals surface area contributed by atoms with Crippen LogP contribution in [0.5, 0.6) is 0 Å². The first-order valence-electron chi connectivity index (χ1n) is 7.39. The fourth-order valence-corrected chi connectivity index (χ4v) is 2.47. The van der Waals surface area contributed by atoms with E-state index in [-0.39, 0.29) is 42.7 Å². The van der Waals surface area contributed by atoms with Gasteiger partial charge in [-0.25, -0.2) is 0 Å². The Morgan fingerprint density at radius 3 is 2.45 bits per heavy atom. The second-order valence-electron chi connectivity index (χ2n) is 5.93. The van der Waals surface area contributed by atoms with Gasteiger partial charge in [0.25, 0.3) is 0 Å². The molecule has 0 aliphatic carbocycles. The lowest BCUT2D eigenvalue weighted by Gasteiger charge is -2.30. The van der Waals surface area contributed by atoms with E-state index < -0.39 is 11.9 Å². The highest BCUT2D eigenvalue weighted by atomic mass is 35.5. The number of halogens is 1. The lowest BCUT2D eigenvalue weighted by molar-refractivity contribution is -0.141. The third-order valence-corrected chi connectivity index (χ3v) is 3.61. The number of hydrogen-bond donors (Lipinski definition) is 3. The van der Waals surface area contributed by atoms with E-state index in [2.05, 4.69) is 10.6 Å². The Bertz CT molecular complexity index is 398. The summed E-state index contributed by atoms with van der Waals surface area (Å²) >= 11 is 0. The lowest BCUT2D eigenvalue weighted by Crippen LogP contribution is -2.53. The quantitative estimate of drug-likeness (QED) is 0.591. The second kappa shape index (κ2) is 9.63. The molecular formula is C14H27ClN4O3. The number of nitrogens with one attached hydrogen (secondary N) is 2. The smallest absolute Gasteiger partial charge is 0.243 e. The van der Waals surface area contributed by atoms with E-state index >= 15 is 0 Å². The topological polar surface area (TPSA) is 105 Å². The number of nitrogens with two attached hydrogens (primary N) is 1. The van der Waals surface area contributed by atoms with Crippen molar-refractivity contribution in [2.24, 2.45) is 11.7 Å². The second-order valence-corrected chi connectivity index (χ2v) is 5.93. The molecule has 1 saturated heterocycles. The summed E-state index contributed by atoms with van der Waals surface area (Å²) in [5.74, 6) is -0.761. The fraction of sp³-hybridized carbons (Fsp3) is 0.786. The Morgan fingerprint density at radius 1 is 1.36 bits per heavy atom. The molecule has 4 N–H and O–H groups in total. The Balaban J connectivity index is 0.00000441.